The van der Waals surface area contributed by atoms with E-state index in [1.54, 1.807) is 0 Å². The first-order valence-corrected chi connectivity index (χ1v) is 4.67. The van der Waals surface area contributed by atoms with Gasteiger partial charge in [-0.3, -0.25) is 4.79 Å². The molecule has 1 aliphatic heterocycles. The summed E-state index contributed by atoms with van der Waals surface area (Å²) in [6.07, 6.45) is 0. The third-order valence-electron chi connectivity index (χ3n) is 2.53. The van der Waals surface area contributed by atoms with Crippen LogP contribution in [-0.2, 0) is 14.3 Å². The van der Waals surface area contributed by atoms with Crippen molar-refractivity contribution in [2.24, 2.45) is 0 Å². The molecule has 0 aliphatic carbocycles. The molecule has 1 aromatic carbocycles. The van der Waals surface area contributed by atoms with Crippen molar-refractivity contribution in [3.63, 3.8) is 0 Å². The summed E-state index contributed by atoms with van der Waals surface area (Å²) in [4.78, 5) is 22.6. The number of benzene rings is 1. The molecule has 4 heteroatoms. The van der Waals surface area contributed by atoms with E-state index >= 15 is 0 Å². The minimum absolute atomic E-state index is 0.128. The Morgan fingerprint density at radius 1 is 1.33 bits per heavy atom. The van der Waals surface area contributed by atoms with Crippen LogP contribution < -0.4 is 5.32 Å². The second-order valence-electron chi connectivity index (χ2n) is 3.40. The number of rotatable bonds is 2. The van der Waals surface area contributed by atoms with Crippen LogP contribution in [0.15, 0.2) is 30.3 Å². The highest BCUT2D eigenvalue weighted by Crippen LogP contribution is 2.27. The van der Waals surface area contributed by atoms with Crippen LogP contribution in [0, 0.1) is 0 Å². The standard InChI is InChI=1S/C11H11NO3/c1-15-11(14)9-8(10(13)12-9)7-5-3-2-4-6-7/h2-6,8-9H,1H3,(H,12,13)/t8-,9-/m0/s1. The van der Waals surface area contributed by atoms with E-state index in [-0.39, 0.29) is 5.91 Å². The third-order valence-corrected chi connectivity index (χ3v) is 2.53. The number of methoxy groups -OCH3 is 1. The van der Waals surface area contributed by atoms with E-state index in [4.69, 9.17) is 0 Å². The zero-order chi connectivity index (χ0) is 10.8. The molecule has 0 spiro atoms. The Morgan fingerprint density at radius 2 is 2.00 bits per heavy atom. The van der Waals surface area contributed by atoms with Crippen molar-refractivity contribution in [3.05, 3.63) is 35.9 Å². The number of carbonyl (C=O) groups is 2. The van der Waals surface area contributed by atoms with Crippen LogP contribution in [0.3, 0.4) is 0 Å². The number of esters is 1. The molecule has 1 aromatic rings. The van der Waals surface area contributed by atoms with Gasteiger partial charge < -0.3 is 10.1 Å². The monoisotopic (exact) mass is 205 g/mol. The fraction of sp³-hybridized carbons (Fsp3) is 0.273. The first-order valence-electron chi connectivity index (χ1n) is 4.67. The molecule has 0 aromatic heterocycles. The van der Waals surface area contributed by atoms with Crippen LogP contribution in [0.2, 0.25) is 0 Å². The molecule has 1 N–H and O–H groups in total. The Morgan fingerprint density at radius 3 is 2.53 bits per heavy atom. The van der Waals surface area contributed by atoms with E-state index in [2.05, 4.69) is 10.1 Å². The SMILES string of the molecule is COC(=O)[C@H]1NC(=O)[C@H]1c1ccccc1. The lowest BCUT2D eigenvalue weighted by molar-refractivity contribution is -0.152. The van der Waals surface area contributed by atoms with E-state index < -0.39 is 17.9 Å². The molecule has 1 saturated heterocycles. The molecule has 0 bridgehead atoms. The van der Waals surface area contributed by atoms with E-state index in [0.29, 0.717) is 0 Å². The predicted octanol–water partition coefficient (Wildman–Crippen LogP) is 0.442. The predicted molar refractivity (Wildman–Crippen MR) is 53.1 cm³/mol. The van der Waals surface area contributed by atoms with Crippen molar-refractivity contribution in [2.75, 3.05) is 7.11 Å². The summed E-state index contributed by atoms with van der Waals surface area (Å²) in [5.74, 6) is -0.932. The van der Waals surface area contributed by atoms with Gasteiger partial charge in [-0.25, -0.2) is 4.79 Å². The van der Waals surface area contributed by atoms with Crippen molar-refractivity contribution < 1.29 is 14.3 Å². The summed E-state index contributed by atoms with van der Waals surface area (Å²) in [5, 5.41) is 2.53. The largest absolute Gasteiger partial charge is 0.467 e. The van der Waals surface area contributed by atoms with Crippen LogP contribution in [0.25, 0.3) is 0 Å². The molecule has 1 aliphatic rings. The second-order valence-corrected chi connectivity index (χ2v) is 3.40. The lowest BCUT2D eigenvalue weighted by Crippen LogP contribution is -2.60. The highest BCUT2D eigenvalue weighted by Gasteiger charge is 2.45. The van der Waals surface area contributed by atoms with E-state index in [9.17, 15) is 9.59 Å². The van der Waals surface area contributed by atoms with Crippen LogP contribution >= 0.6 is 0 Å². The molecule has 1 fully saturated rings. The number of ether oxygens (including phenoxy) is 1. The summed E-state index contributed by atoms with van der Waals surface area (Å²) in [5.41, 5.74) is 0.844. The van der Waals surface area contributed by atoms with Gasteiger partial charge >= 0.3 is 5.97 Å². The smallest absolute Gasteiger partial charge is 0.329 e. The molecule has 0 radical (unpaired) electrons. The summed E-state index contributed by atoms with van der Waals surface area (Å²) in [6, 6.07) is 8.68. The summed E-state index contributed by atoms with van der Waals surface area (Å²) >= 11 is 0. The summed E-state index contributed by atoms with van der Waals surface area (Å²) < 4.78 is 4.60. The van der Waals surface area contributed by atoms with Crippen molar-refractivity contribution in [2.45, 2.75) is 12.0 Å². The lowest BCUT2D eigenvalue weighted by atomic mass is 9.84. The number of carbonyl (C=O) groups excluding carboxylic acids is 2. The molecular formula is C11H11NO3. The molecule has 4 nitrogen and oxygen atoms in total. The van der Waals surface area contributed by atoms with E-state index in [0.717, 1.165) is 5.56 Å². The van der Waals surface area contributed by atoms with Crippen molar-refractivity contribution >= 4 is 11.9 Å². The van der Waals surface area contributed by atoms with Gasteiger partial charge in [-0.1, -0.05) is 30.3 Å². The van der Waals surface area contributed by atoms with E-state index in [1.165, 1.54) is 7.11 Å². The minimum Gasteiger partial charge on any atom is -0.467 e. The Balaban J connectivity index is 2.21. The number of nitrogens with one attached hydrogen (secondary N) is 1. The van der Waals surface area contributed by atoms with Gasteiger partial charge in [0.1, 0.15) is 6.04 Å². The molecule has 15 heavy (non-hydrogen) atoms. The fourth-order valence-electron chi connectivity index (χ4n) is 1.71. The summed E-state index contributed by atoms with van der Waals surface area (Å²) in [7, 11) is 1.31. The minimum atomic E-state index is -0.537. The van der Waals surface area contributed by atoms with Gasteiger partial charge in [0.05, 0.1) is 13.0 Å². The van der Waals surface area contributed by atoms with Crippen molar-refractivity contribution in [1.29, 1.82) is 0 Å². The molecule has 78 valence electrons. The average molecular weight is 205 g/mol. The van der Waals surface area contributed by atoms with Gasteiger partial charge in [-0.05, 0) is 5.56 Å². The van der Waals surface area contributed by atoms with E-state index in [1.807, 2.05) is 30.3 Å². The topological polar surface area (TPSA) is 55.4 Å². The van der Waals surface area contributed by atoms with Crippen molar-refractivity contribution in [3.8, 4) is 0 Å². The third kappa shape index (κ3) is 1.58. The number of hydrogen-bond acceptors (Lipinski definition) is 3. The molecule has 0 unspecified atom stereocenters. The fourth-order valence-corrected chi connectivity index (χ4v) is 1.71. The van der Waals surface area contributed by atoms with Gasteiger partial charge in [0.2, 0.25) is 5.91 Å². The maximum Gasteiger partial charge on any atom is 0.329 e. The zero-order valence-corrected chi connectivity index (χ0v) is 8.27. The first-order chi connectivity index (χ1) is 7.24. The maximum atomic E-state index is 11.3. The molecule has 1 amide bonds. The van der Waals surface area contributed by atoms with Crippen LogP contribution in [0.5, 0.6) is 0 Å². The van der Waals surface area contributed by atoms with Crippen molar-refractivity contribution in [1.82, 2.24) is 5.32 Å². The van der Waals surface area contributed by atoms with Gasteiger partial charge in [-0.2, -0.15) is 0 Å². The van der Waals surface area contributed by atoms with Gasteiger partial charge in [0.15, 0.2) is 0 Å². The second kappa shape index (κ2) is 3.73. The Kier molecular flexibility index (Phi) is 2.41. The zero-order valence-electron chi connectivity index (χ0n) is 8.27. The lowest BCUT2D eigenvalue weighted by Gasteiger charge is -2.34. The highest BCUT2D eigenvalue weighted by atomic mass is 16.5. The normalized spacial score (nSPS) is 23.9. The average Bonchev–Trinajstić information content (AvgIpc) is 2.26. The Bertz CT molecular complexity index is 388. The Hall–Kier alpha value is -1.84. The van der Waals surface area contributed by atoms with Crippen LogP contribution in [0.1, 0.15) is 11.5 Å². The summed E-state index contributed by atoms with van der Waals surface area (Å²) in [6.45, 7) is 0. The quantitative estimate of drug-likeness (QED) is 0.563. The maximum absolute atomic E-state index is 11.3. The molecule has 1 heterocycles. The van der Waals surface area contributed by atoms with Crippen LogP contribution in [-0.4, -0.2) is 25.0 Å². The van der Waals surface area contributed by atoms with Crippen LogP contribution in [0.4, 0.5) is 0 Å². The molecule has 2 rings (SSSR count). The highest BCUT2D eigenvalue weighted by molar-refractivity contribution is 6.00. The first kappa shape index (κ1) is 9.71. The van der Waals surface area contributed by atoms with Gasteiger partial charge in [0, 0.05) is 0 Å². The Labute approximate surface area is 87.2 Å². The number of hydrogen-bond donors (Lipinski definition) is 1. The molecule has 0 saturated carbocycles. The van der Waals surface area contributed by atoms with Gasteiger partial charge in [0.25, 0.3) is 0 Å². The number of β-lactam (4-membered cyclic amide) rings is 1. The van der Waals surface area contributed by atoms with Gasteiger partial charge in [-0.15, -0.1) is 0 Å². The molecule has 2 atom stereocenters. The molecular weight excluding hydrogens is 194 g/mol. The number of amides is 1.